The molecule has 3 amide bonds. The fourth-order valence-corrected chi connectivity index (χ4v) is 4.23. The number of hydrogen-bond acceptors (Lipinski definition) is 4. The van der Waals surface area contributed by atoms with Gasteiger partial charge in [-0.15, -0.1) is 0 Å². The van der Waals surface area contributed by atoms with Crippen LogP contribution in [0.25, 0.3) is 0 Å². The van der Waals surface area contributed by atoms with Gasteiger partial charge >= 0.3 is 0 Å². The number of ether oxygens (including phenoxy) is 1. The van der Waals surface area contributed by atoms with Crippen molar-refractivity contribution in [2.45, 2.75) is 19.0 Å². The zero-order valence-corrected chi connectivity index (χ0v) is 20.9. The largest absolute Gasteiger partial charge is 0.484 e. The van der Waals surface area contributed by atoms with Crippen LogP contribution in [-0.4, -0.2) is 53.3 Å². The van der Waals surface area contributed by atoms with E-state index < -0.39 is 6.04 Å². The Morgan fingerprint density at radius 2 is 1.53 bits per heavy atom. The molecule has 0 saturated carbocycles. The van der Waals surface area contributed by atoms with Crippen LogP contribution in [0.3, 0.4) is 0 Å². The SMILES string of the molecule is O=C(CC1C(=O)N(Cc2ccccc2)CCN1C(=O)COc1ccc(Cl)cc1)Nc1ccc(Cl)cc1. The van der Waals surface area contributed by atoms with E-state index in [1.165, 1.54) is 4.90 Å². The van der Waals surface area contributed by atoms with E-state index in [1.54, 1.807) is 53.4 Å². The Kier molecular flexibility index (Phi) is 8.46. The monoisotopic (exact) mass is 525 g/mol. The lowest BCUT2D eigenvalue weighted by Gasteiger charge is -2.40. The second-order valence-electron chi connectivity index (χ2n) is 8.35. The van der Waals surface area contributed by atoms with Gasteiger partial charge in [-0.3, -0.25) is 14.4 Å². The van der Waals surface area contributed by atoms with Crippen LogP contribution < -0.4 is 10.1 Å². The van der Waals surface area contributed by atoms with Crippen molar-refractivity contribution >= 4 is 46.6 Å². The lowest BCUT2D eigenvalue weighted by Crippen LogP contribution is -2.60. The van der Waals surface area contributed by atoms with E-state index in [9.17, 15) is 14.4 Å². The minimum atomic E-state index is -0.948. The molecule has 3 aromatic carbocycles. The highest BCUT2D eigenvalue weighted by Gasteiger charge is 2.38. The molecule has 9 heteroatoms. The number of carbonyl (C=O) groups is 3. The summed E-state index contributed by atoms with van der Waals surface area (Å²) in [6.45, 7) is 0.789. The van der Waals surface area contributed by atoms with Crippen LogP contribution in [0, 0.1) is 0 Å². The molecule has 7 nitrogen and oxygen atoms in total. The maximum atomic E-state index is 13.5. The number of anilines is 1. The summed E-state index contributed by atoms with van der Waals surface area (Å²) in [4.78, 5) is 42.5. The van der Waals surface area contributed by atoms with Crippen LogP contribution in [0.2, 0.25) is 10.0 Å². The first-order valence-corrected chi connectivity index (χ1v) is 12.2. The summed E-state index contributed by atoms with van der Waals surface area (Å²) in [6.07, 6.45) is -0.181. The molecule has 1 aliphatic rings. The highest BCUT2D eigenvalue weighted by Crippen LogP contribution is 2.21. The molecular formula is C27H25Cl2N3O4. The van der Waals surface area contributed by atoms with E-state index in [2.05, 4.69) is 5.32 Å². The Morgan fingerprint density at radius 3 is 2.19 bits per heavy atom. The number of hydrogen-bond donors (Lipinski definition) is 1. The van der Waals surface area contributed by atoms with Gasteiger partial charge in [0.15, 0.2) is 6.61 Å². The van der Waals surface area contributed by atoms with E-state index in [-0.39, 0.29) is 30.7 Å². The maximum Gasteiger partial charge on any atom is 0.261 e. The van der Waals surface area contributed by atoms with Gasteiger partial charge in [0.1, 0.15) is 11.8 Å². The molecule has 1 fully saturated rings. The second kappa shape index (κ2) is 11.9. The molecule has 0 spiro atoms. The average Bonchev–Trinajstić information content (AvgIpc) is 2.88. The van der Waals surface area contributed by atoms with Crippen LogP contribution >= 0.6 is 23.2 Å². The third-order valence-corrected chi connectivity index (χ3v) is 6.31. The normalized spacial score (nSPS) is 15.5. The summed E-state index contributed by atoms with van der Waals surface area (Å²) in [6, 6.07) is 22.0. The van der Waals surface area contributed by atoms with E-state index in [0.29, 0.717) is 41.1 Å². The molecule has 36 heavy (non-hydrogen) atoms. The van der Waals surface area contributed by atoms with Crippen LogP contribution in [0.15, 0.2) is 78.9 Å². The van der Waals surface area contributed by atoms with Crippen LogP contribution in [0.4, 0.5) is 5.69 Å². The molecule has 0 aliphatic carbocycles. The van der Waals surface area contributed by atoms with Crippen molar-refractivity contribution in [1.29, 1.82) is 0 Å². The van der Waals surface area contributed by atoms with Crippen molar-refractivity contribution in [3.05, 3.63) is 94.5 Å². The van der Waals surface area contributed by atoms with Gasteiger partial charge in [0.05, 0.1) is 6.42 Å². The Labute approximate surface area is 219 Å². The molecule has 1 heterocycles. The number of halogens is 2. The molecular weight excluding hydrogens is 501 g/mol. The minimum absolute atomic E-state index is 0.181. The van der Waals surface area contributed by atoms with Gasteiger partial charge in [0.25, 0.3) is 5.91 Å². The fraction of sp³-hybridized carbons (Fsp3) is 0.222. The summed E-state index contributed by atoms with van der Waals surface area (Å²) >= 11 is 11.8. The van der Waals surface area contributed by atoms with Crippen LogP contribution in [-0.2, 0) is 20.9 Å². The zero-order valence-electron chi connectivity index (χ0n) is 19.4. The molecule has 1 saturated heterocycles. The number of rotatable bonds is 8. The van der Waals surface area contributed by atoms with Gasteiger partial charge in [0.2, 0.25) is 11.8 Å². The molecule has 1 N–H and O–H groups in total. The maximum absolute atomic E-state index is 13.5. The summed E-state index contributed by atoms with van der Waals surface area (Å²) < 4.78 is 5.61. The molecule has 0 bridgehead atoms. The van der Waals surface area contributed by atoms with Crippen molar-refractivity contribution in [2.75, 3.05) is 25.0 Å². The van der Waals surface area contributed by atoms with Crippen molar-refractivity contribution < 1.29 is 19.1 Å². The molecule has 1 aliphatic heterocycles. The predicted octanol–water partition coefficient (Wildman–Crippen LogP) is 4.64. The standard InChI is InChI=1S/C27H25Cl2N3O4/c28-20-6-10-22(11-7-20)30-25(33)16-24-27(35)31(17-19-4-2-1-3-5-19)14-15-32(24)26(34)18-36-23-12-8-21(29)9-13-23/h1-13,24H,14-18H2,(H,30,33). The summed E-state index contributed by atoms with van der Waals surface area (Å²) in [5.41, 5.74) is 1.53. The van der Waals surface area contributed by atoms with E-state index in [0.717, 1.165) is 5.56 Å². The number of carbonyl (C=O) groups excluding carboxylic acids is 3. The first-order valence-electron chi connectivity index (χ1n) is 11.4. The fourth-order valence-electron chi connectivity index (χ4n) is 3.97. The highest BCUT2D eigenvalue weighted by atomic mass is 35.5. The number of amides is 3. The second-order valence-corrected chi connectivity index (χ2v) is 9.22. The third kappa shape index (κ3) is 6.77. The van der Waals surface area contributed by atoms with E-state index >= 15 is 0 Å². The molecule has 1 atom stereocenters. The highest BCUT2D eigenvalue weighted by molar-refractivity contribution is 6.30. The minimum Gasteiger partial charge on any atom is -0.484 e. The van der Waals surface area contributed by atoms with Gasteiger partial charge in [-0.1, -0.05) is 53.5 Å². The molecule has 1 unspecified atom stereocenters. The summed E-state index contributed by atoms with van der Waals surface area (Å²) in [5.74, 6) is -0.550. The Balaban J connectivity index is 1.47. The van der Waals surface area contributed by atoms with E-state index in [1.807, 2.05) is 30.3 Å². The molecule has 3 aromatic rings. The third-order valence-electron chi connectivity index (χ3n) is 5.80. The topological polar surface area (TPSA) is 79.0 Å². The van der Waals surface area contributed by atoms with Crippen molar-refractivity contribution in [3.8, 4) is 5.75 Å². The van der Waals surface area contributed by atoms with Gasteiger partial charge in [-0.05, 0) is 54.1 Å². The predicted molar refractivity (Wildman–Crippen MR) is 139 cm³/mol. The van der Waals surface area contributed by atoms with Gasteiger partial charge in [-0.2, -0.15) is 0 Å². The van der Waals surface area contributed by atoms with Gasteiger partial charge in [-0.25, -0.2) is 0 Å². The van der Waals surface area contributed by atoms with Crippen molar-refractivity contribution in [2.24, 2.45) is 0 Å². The smallest absolute Gasteiger partial charge is 0.261 e. The Morgan fingerprint density at radius 1 is 0.889 bits per heavy atom. The lowest BCUT2D eigenvalue weighted by molar-refractivity contribution is -0.154. The molecule has 186 valence electrons. The zero-order chi connectivity index (χ0) is 25.5. The first kappa shape index (κ1) is 25.5. The number of benzene rings is 3. The summed E-state index contributed by atoms with van der Waals surface area (Å²) in [7, 11) is 0. The number of piperazine rings is 1. The van der Waals surface area contributed by atoms with Crippen molar-refractivity contribution in [1.82, 2.24) is 9.80 Å². The Bertz CT molecular complexity index is 1200. The average molecular weight is 526 g/mol. The lowest BCUT2D eigenvalue weighted by atomic mass is 10.1. The van der Waals surface area contributed by atoms with Gasteiger partial charge < -0.3 is 19.9 Å². The number of nitrogens with one attached hydrogen (secondary N) is 1. The quantitative estimate of drug-likeness (QED) is 0.464. The van der Waals surface area contributed by atoms with Crippen molar-refractivity contribution in [3.63, 3.8) is 0 Å². The Hall–Kier alpha value is -3.55. The molecule has 0 radical (unpaired) electrons. The first-order chi connectivity index (χ1) is 17.4. The van der Waals surface area contributed by atoms with E-state index in [4.69, 9.17) is 27.9 Å². The molecule has 0 aromatic heterocycles. The van der Waals surface area contributed by atoms with Gasteiger partial charge in [0, 0.05) is 35.4 Å². The number of nitrogens with zero attached hydrogens (tertiary/aromatic N) is 2. The molecule has 4 rings (SSSR count). The van der Waals surface area contributed by atoms with Crippen LogP contribution in [0.1, 0.15) is 12.0 Å². The summed E-state index contributed by atoms with van der Waals surface area (Å²) in [5, 5.41) is 3.88. The van der Waals surface area contributed by atoms with Crippen LogP contribution in [0.5, 0.6) is 5.75 Å².